The van der Waals surface area contributed by atoms with Crippen molar-refractivity contribution in [3.63, 3.8) is 0 Å². The van der Waals surface area contributed by atoms with Crippen molar-refractivity contribution in [2.75, 3.05) is 18.0 Å². The van der Waals surface area contributed by atoms with Crippen molar-refractivity contribution in [2.45, 2.75) is 59.3 Å². The number of terminal acetylenes is 1. The number of anilines is 1. The summed E-state index contributed by atoms with van der Waals surface area (Å²) < 4.78 is 0. The van der Waals surface area contributed by atoms with Crippen LogP contribution in [0.3, 0.4) is 0 Å². The van der Waals surface area contributed by atoms with Crippen molar-refractivity contribution in [3.05, 3.63) is 35.4 Å². The zero-order valence-electron chi connectivity index (χ0n) is 17.0. The highest BCUT2D eigenvalue weighted by atomic mass is 15.1. The molecule has 0 aliphatic heterocycles. The van der Waals surface area contributed by atoms with Crippen LogP contribution >= 0.6 is 0 Å². The fourth-order valence-electron chi connectivity index (χ4n) is 3.17. The topological polar surface area (TPSA) is 50.8 Å². The van der Waals surface area contributed by atoms with E-state index in [1.807, 2.05) is 30.3 Å². The van der Waals surface area contributed by atoms with Gasteiger partial charge in [0.15, 0.2) is 0 Å². The van der Waals surface area contributed by atoms with Crippen LogP contribution in [0, 0.1) is 40.9 Å². The molecule has 0 radical (unpaired) electrons. The van der Waals surface area contributed by atoms with Gasteiger partial charge in [0.1, 0.15) is 17.7 Å². The summed E-state index contributed by atoms with van der Waals surface area (Å²) in [4.78, 5) is 2.46. The van der Waals surface area contributed by atoms with Crippen LogP contribution < -0.4 is 4.90 Å². The molecule has 3 nitrogen and oxygen atoms in total. The van der Waals surface area contributed by atoms with Gasteiger partial charge in [-0.2, -0.15) is 10.5 Å². The van der Waals surface area contributed by atoms with Gasteiger partial charge < -0.3 is 4.90 Å². The second-order valence-electron chi connectivity index (χ2n) is 6.88. The van der Waals surface area contributed by atoms with Crippen LogP contribution in [0.5, 0.6) is 0 Å². The standard InChI is InChI=1S/C24H31N3/c1-5-9-11-20(7-3)19-27(16-10-6-2)23-14-12-22(13-15-23)24(18-26)21(8-4)17-25/h4,12-15,20H,5-7,9-11,16,19H2,1-3H3/b24-21+. The number of benzene rings is 1. The van der Waals surface area contributed by atoms with Gasteiger partial charge in [-0.05, 0) is 36.5 Å². The zero-order chi connectivity index (χ0) is 20.1. The maximum atomic E-state index is 9.38. The van der Waals surface area contributed by atoms with Gasteiger partial charge in [0.05, 0.1) is 5.57 Å². The lowest BCUT2D eigenvalue weighted by atomic mass is 9.97. The van der Waals surface area contributed by atoms with Crippen molar-refractivity contribution in [1.29, 1.82) is 10.5 Å². The van der Waals surface area contributed by atoms with E-state index in [0.717, 1.165) is 25.9 Å². The van der Waals surface area contributed by atoms with Crippen molar-refractivity contribution >= 4 is 11.3 Å². The average Bonchev–Trinajstić information content (AvgIpc) is 2.71. The number of nitriles is 2. The molecule has 0 amide bonds. The monoisotopic (exact) mass is 361 g/mol. The fraction of sp³-hybridized carbons (Fsp3) is 0.500. The lowest BCUT2D eigenvalue weighted by molar-refractivity contribution is 0.444. The molecule has 0 bridgehead atoms. The van der Waals surface area contributed by atoms with E-state index in [2.05, 4.69) is 37.7 Å². The summed E-state index contributed by atoms with van der Waals surface area (Å²) in [7, 11) is 0. The summed E-state index contributed by atoms with van der Waals surface area (Å²) >= 11 is 0. The molecule has 1 aromatic carbocycles. The smallest absolute Gasteiger partial charge is 0.120 e. The van der Waals surface area contributed by atoms with E-state index in [1.165, 1.54) is 31.4 Å². The lowest BCUT2D eigenvalue weighted by Gasteiger charge is -2.29. The Balaban J connectivity index is 3.07. The molecule has 3 heteroatoms. The van der Waals surface area contributed by atoms with Crippen LogP contribution in [0.2, 0.25) is 0 Å². The minimum Gasteiger partial charge on any atom is -0.371 e. The van der Waals surface area contributed by atoms with E-state index in [-0.39, 0.29) is 11.1 Å². The largest absolute Gasteiger partial charge is 0.371 e. The van der Waals surface area contributed by atoms with Crippen LogP contribution in [0.4, 0.5) is 5.69 Å². The number of rotatable bonds is 11. The molecule has 1 rings (SSSR count). The highest BCUT2D eigenvalue weighted by molar-refractivity contribution is 5.85. The van der Waals surface area contributed by atoms with Gasteiger partial charge in [0.25, 0.3) is 0 Å². The molecule has 0 aliphatic carbocycles. The number of nitrogens with zero attached hydrogens (tertiary/aromatic N) is 3. The predicted octanol–water partition coefficient (Wildman–Crippen LogP) is 5.94. The lowest BCUT2D eigenvalue weighted by Crippen LogP contribution is -2.30. The van der Waals surface area contributed by atoms with Crippen LogP contribution in [0.25, 0.3) is 5.57 Å². The van der Waals surface area contributed by atoms with Crippen LogP contribution in [-0.2, 0) is 0 Å². The third kappa shape index (κ3) is 6.84. The molecule has 0 saturated heterocycles. The molecule has 0 fully saturated rings. The molecule has 0 N–H and O–H groups in total. The van der Waals surface area contributed by atoms with E-state index in [9.17, 15) is 5.26 Å². The first-order chi connectivity index (χ1) is 13.1. The Hall–Kier alpha value is -2.70. The van der Waals surface area contributed by atoms with Gasteiger partial charge in [-0.25, -0.2) is 0 Å². The quantitative estimate of drug-likeness (QED) is 0.362. The molecular weight excluding hydrogens is 330 g/mol. The Morgan fingerprint density at radius 1 is 1.04 bits per heavy atom. The summed E-state index contributed by atoms with van der Waals surface area (Å²) in [6.07, 6.45) is 12.6. The minimum absolute atomic E-state index is 0.0821. The summed E-state index contributed by atoms with van der Waals surface area (Å²) in [5.74, 6) is 3.00. The highest BCUT2D eigenvalue weighted by Gasteiger charge is 2.14. The second kappa shape index (κ2) is 12.6. The van der Waals surface area contributed by atoms with Crippen molar-refractivity contribution in [1.82, 2.24) is 0 Å². The first-order valence-corrected chi connectivity index (χ1v) is 10.0. The summed E-state index contributed by atoms with van der Waals surface area (Å²) in [6.45, 7) is 8.82. The number of hydrogen-bond acceptors (Lipinski definition) is 3. The Labute approximate surface area is 165 Å². The normalized spacial score (nSPS) is 12.3. The first-order valence-electron chi connectivity index (χ1n) is 10.0. The van der Waals surface area contributed by atoms with Crippen LogP contribution in [-0.4, -0.2) is 13.1 Å². The summed E-state index contributed by atoms with van der Waals surface area (Å²) in [5.41, 5.74) is 2.21. The minimum atomic E-state index is 0.0821. The van der Waals surface area contributed by atoms with Gasteiger partial charge in [0, 0.05) is 18.8 Å². The number of hydrogen-bond donors (Lipinski definition) is 0. The zero-order valence-corrected chi connectivity index (χ0v) is 17.0. The van der Waals surface area contributed by atoms with Crippen LogP contribution in [0.1, 0.15) is 64.9 Å². The molecular formula is C24H31N3. The van der Waals surface area contributed by atoms with Gasteiger partial charge in [0.2, 0.25) is 0 Å². The number of unbranched alkanes of at least 4 members (excludes halogenated alkanes) is 2. The Morgan fingerprint density at radius 2 is 1.70 bits per heavy atom. The summed E-state index contributed by atoms with van der Waals surface area (Å²) in [6, 6.07) is 11.9. The van der Waals surface area contributed by atoms with Crippen molar-refractivity contribution in [2.24, 2.45) is 5.92 Å². The molecule has 27 heavy (non-hydrogen) atoms. The first kappa shape index (κ1) is 22.3. The van der Waals surface area contributed by atoms with Crippen molar-refractivity contribution in [3.8, 4) is 24.5 Å². The van der Waals surface area contributed by atoms with E-state index < -0.39 is 0 Å². The fourth-order valence-corrected chi connectivity index (χ4v) is 3.17. The average molecular weight is 362 g/mol. The van der Waals surface area contributed by atoms with Gasteiger partial charge in [-0.15, -0.1) is 6.42 Å². The molecule has 0 spiro atoms. The molecule has 1 atom stereocenters. The van der Waals surface area contributed by atoms with E-state index in [4.69, 9.17) is 11.7 Å². The second-order valence-corrected chi connectivity index (χ2v) is 6.88. The van der Waals surface area contributed by atoms with Gasteiger partial charge in [-0.3, -0.25) is 0 Å². The maximum absolute atomic E-state index is 9.38. The third-order valence-electron chi connectivity index (χ3n) is 4.94. The predicted molar refractivity (Wildman–Crippen MR) is 114 cm³/mol. The maximum Gasteiger partial charge on any atom is 0.120 e. The molecule has 0 aliphatic rings. The highest BCUT2D eigenvalue weighted by Crippen LogP contribution is 2.24. The Bertz CT molecular complexity index is 707. The molecule has 142 valence electrons. The Kier molecular flexibility index (Phi) is 10.4. The SMILES string of the molecule is C#C/C(C#N)=C(/C#N)c1ccc(N(CCCC)CC(CC)CCCC)cc1. The van der Waals surface area contributed by atoms with Crippen LogP contribution in [0.15, 0.2) is 29.8 Å². The van der Waals surface area contributed by atoms with E-state index in [1.54, 1.807) is 0 Å². The number of allylic oxidation sites excluding steroid dienone is 2. The molecule has 0 saturated carbocycles. The Morgan fingerprint density at radius 3 is 2.19 bits per heavy atom. The molecule has 1 unspecified atom stereocenters. The van der Waals surface area contributed by atoms with E-state index in [0.29, 0.717) is 11.5 Å². The summed E-state index contributed by atoms with van der Waals surface area (Å²) in [5, 5.41) is 18.5. The van der Waals surface area contributed by atoms with Gasteiger partial charge >= 0.3 is 0 Å². The van der Waals surface area contributed by atoms with E-state index >= 15 is 0 Å². The molecule has 0 heterocycles. The third-order valence-corrected chi connectivity index (χ3v) is 4.94. The van der Waals surface area contributed by atoms with Crippen molar-refractivity contribution < 1.29 is 0 Å². The molecule has 1 aromatic rings. The molecule has 0 aromatic heterocycles. The van der Waals surface area contributed by atoms with Gasteiger partial charge in [-0.1, -0.05) is 64.5 Å².